The van der Waals surface area contributed by atoms with E-state index in [2.05, 4.69) is 0 Å². The molecule has 1 heterocycles. The number of thiocarbonyl (C=S) groups is 1. The molecule has 23 heavy (non-hydrogen) atoms. The molecular weight excluding hydrogens is 316 g/mol. The van der Waals surface area contributed by atoms with Crippen LogP contribution in [0.15, 0.2) is 23.8 Å². The van der Waals surface area contributed by atoms with E-state index in [0.717, 1.165) is 0 Å². The van der Waals surface area contributed by atoms with E-state index >= 15 is 0 Å². The van der Waals surface area contributed by atoms with Gasteiger partial charge in [0, 0.05) is 13.1 Å². The fraction of sp³-hybridized carbons (Fsp3) is 0.312. The minimum atomic E-state index is -0.417. The van der Waals surface area contributed by atoms with Gasteiger partial charge in [-0.3, -0.25) is 19.4 Å². The topological polar surface area (TPSA) is 70.1 Å². The average molecular weight is 334 g/mol. The third kappa shape index (κ3) is 3.05. The lowest BCUT2D eigenvalue weighted by atomic mass is 10.1. The van der Waals surface area contributed by atoms with E-state index in [-0.39, 0.29) is 22.2 Å². The number of aromatic hydroxyl groups is 1. The molecule has 1 aliphatic rings. The van der Waals surface area contributed by atoms with Gasteiger partial charge < -0.3 is 9.84 Å². The van der Waals surface area contributed by atoms with Gasteiger partial charge in [-0.2, -0.15) is 0 Å². The molecular formula is C16H18N2O4S. The Morgan fingerprint density at radius 3 is 2.22 bits per heavy atom. The van der Waals surface area contributed by atoms with Crippen molar-refractivity contribution in [3.63, 3.8) is 0 Å². The molecule has 1 aromatic rings. The molecule has 0 radical (unpaired) electrons. The number of nitrogens with zero attached hydrogens (tertiary/aromatic N) is 2. The second kappa shape index (κ2) is 6.78. The number of hydrogen-bond acceptors (Lipinski definition) is 5. The van der Waals surface area contributed by atoms with Gasteiger partial charge in [-0.1, -0.05) is 6.07 Å². The minimum Gasteiger partial charge on any atom is -0.504 e. The van der Waals surface area contributed by atoms with Crippen LogP contribution in [0.25, 0.3) is 6.08 Å². The van der Waals surface area contributed by atoms with Crippen LogP contribution in [-0.4, -0.2) is 52.0 Å². The van der Waals surface area contributed by atoms with Crippen molar-refractivity contribution < 1.29 is 19.4 Å². The third-order valence-corrected chi connectivity index (χ3v) is 4.00. The van der Waals surface area contributed by atoms with Crippen LogP contribution in [0.1, 0.15) is 19.4 Å². The Bertz CT molecular complexity index is 671. The van der Waals surface area contributed by atoms with Crippen molar-refractivity contribution in [1.29, 1.82) is 0 Å². The quantitative estimate of drug-likeness (QED) is 0.516. The smallest absolute Gasteiger partial charge is 0.265 e. The van der Waals surface area contributed by atoms with Crippen molar-refractivity contribution in [3.05, 3.63) is 29.3 Å². The first-order chi connectivity index (χ1) is 10.9. The fourth-order valence-electron chi connectivity index (χ4n) is 2.33. The average Bonchev–Trinajstić information content (AvgIpc) is 2.54. The highest BCUT2D eigenvalue weighted by atomic mass is 32.1. The molecule has 0 spiro atoms. The summed E-state index contributed by atoms with van der Waals surface area (Å²) in [5, 5.41) is 9.85. The normalized spacial score (nSPS) is 15.3. The number of rotatable bonds is 4. The van der Waals surface area contributed by atoms with Gasteiger partial charge >= 0.3 is 0 Å². The largest absolute Gasteiger partial charge is 0.504 e. The van der Waals surface area contributed by atoms with Crippen LogP contribution in [0.5, 0.6) is 11.5 Å². The molecule has 2 amide bonds. The number of amides is 2. The SMILES string of the molecule is CCN1C(=O)C(=Cc2ccc(O)c(OC)c2)C(=O)N(CC)C1=S. The Balaban J connectivity index is 2.48. The zero-order valence-corrected chi connectivity index (χ0v) is 14.0. The summed E-state index contributed by atoms with van der Waals surface area (Å²) < 4.78 is 5.04. The van der Waals surface area contributed by atoms with Gasteiger partial charge in [-0.15, -0.1) is 0 Å². The molecule has 0 aliphatic carbocycles. The van der Waals surface area contributed by atoms with Crippen LogP contribution < -0.4 is 4.74 Å². The highest BCUT2D eigenvalue weighted by Crippen LogP contribution is 2.28. The number of phenols is 1. The van der Waals surface area contributed by atoms with Gasteiger partial charge in [0.05, 0.1) is 7.11 Å². The monoisotopic (exact) mass is 334 g/mol. The molecule has 1 fully saturated rings. The second-order valence-corrected chi connectivity index (χ2v) is 5.24. The van der Waals surface area contributed by atoms with E-state index in [4.69, 9.17) is 17.0 Å². The van der Waals surface area contributed by atoms with Crippen LogP contribution in [0, 0.1) is 0 Å². The first-order valence-corrected chi connectivity index (χ1v) is 7.61. The summed E-state index contributed by atoms with van der Waals surface area (Å²) in [6.45, 7) is 4.37. The molecule has 1 aliphatic heterocycles. The lowest BCUT2D eigenvalue weighted by Crippen LogP contribution is -2.55. The second-order valence-electron chi connectivity index (χ2n) is 4.87. The van der Waals surface area contributed by atoms with Crippen molar-refractivity contribution in [2.45, 2.75) is 13.8 Å². The maximum Gasteiger partial charge on any atom is 0.265 e. The standard InChI is InChI=1S/C16H18N2O4S/c1-4-17-14(20)11(15(21)18(5-2)16(17)23)8-10-6-7-12(19)13(9-10)22-3/h6-9,19H,4-5H2,1-3H3. The molecule has 0 aromatic heterocycles. The van der Waals surface area contributed by atoms with E-state index in [0.29, 0.717) is 18.7 Å². The molecule has 2 rings (SSSR count). The summed E-state index contributed by atoms with van der Waals surface area (Å²) in [7, 11) is 1.43. The van der Waals surface area contributed by atoms with Crippen molar-refractivity contribution in [2.24, 2.45) is 0 Å². The number of carbonyl (C=O) groups is 2. The number of phenolic OH excluding ortho intramolecular Hbond substituents is 1. The van der Waals surface area contributed by atoms with Crippen LogP contribution in [0.2, 0.25) is 0 Å². The zero-order valence-electron chi connectivity index (χ0n) is 13.2. The molecule has 0 atom stereocenters. The van der Waals surface area contributed by atoms with E-state index in [1.54, 1.807) is 26.0 Å². The van der Waals surface area contributed by atoms with E-state index in [1.165, 1.54) is 29.1 Å². The number of hydrogen-bond donors (Lipinski definition) is 1. The molecule has 122 valence electrons. The Kier molecular flexibility index (Phi) is 5.00. The maximum absolute atomic E-state index is 12.5. The molecule has 6 nitrogen and oxygen atoms in total. The number of methoxy groups -OCH3 is 1. The van der Waals surface area contributed by atoms with E-state index < -0.39 is 11.8 Å². The van der Waals surface area contributed by atoms with Crippen LogP contribution >= 0.6 is 12.2 Å². The Morgan fingerprint density at radius 2 is 1.74 bits per heavy atom. The summed E-state index contributed by atoms with van der Waals surface area (Å²) in [5.74, 6) is -0.578. The first kappa shape index (κ1) is 17.0. The van der Waals surface area contributed by atoms with Crippen molar-refractivity contribution in [1.82, 2.24) is 9.80 Å². The fourth-order valence-corrected chi connectivity index (χ4v) is 2.76. The zero-order chi connectivity index (χ0) is 17.1. The molecule has 0 unspecified atom stereocenters. The highest BCUT2D eigenvalue weighted by Gasteiger charge is 2.37. The molecule has 0 bridgehead atoms. The van der Waals surface area contributed by atoms with Crippen LogP contribution in [-0.2, 0) is 9.59 Å². The van der Waals surface area contributed by atoms with Gasteiger partial charge in [0.2, 0.25) is 0 Å². The number of likely N-dealkylation sites (N-methyl/N-ethyl adjacent to an activating group) is 2. The molecule has 1 aromatic carbocycles. The maximum atomic E-state index is 12.5. The van der Waals surface area contributed by atoms with Crippen LogP contribution in [0.3, 0.4) is 0 Å². The van der Waals surface area contributed by atoms with Crippen molar-refractivity contribution in [3.8, 4) is 11.5 Å². The summed E-state index contributed by atoms with van der Waals surface area (Å²) >= 11 is 5.21. The Hall–Kier alpha value is -2.41. The summed E-state index contributed by atoms with van der Waals surface area (Å²) in [4.78, 5) is 27.8. The highest BCUT2D eigenvalue weighted by molar-refractivity contribution is 7.80. The van der Waals surface area contributed by atoms with Gasteiger partial charge in [-0.05, 0) is 49.8 Å². The van der Waals surface area contributed by atoms with E-state index in [9.17, 15) is 14.7 Å². The minimum absolute atomic E-state index is 0.0116. The molecule has 1 saturated heterocycles. The third-order valence-electron chi connectivity index (χ3n) is 3.56. The lowest BCUT2D eigenvalue weighted by molar-refractivity contribution is -0.133. The van der Waals surface area contributed by atoms with Gasteiger partial charge in [0.1, 0.15) is 5.57 Å². The predicted octanol–water partition coefficient (Wildman–Crippen LogP) is 1.78. The molecule has 1 N–H and O–H groups in total. The van der Waals surface area contributed by atoms with Gasteiger partial charge in [0.25, 0.3) is 11.8 Å². The molecule has 7 heteroatoms. The summed E-state index contributed by atoms with van der Waals surface area (Å²) in [5.41, 5.74) is 0.617. The number of carbonyl (C=O) groups excluding carboxylic acids is 2. The predicted molar refractivity (Wildman–Crippen MR) is 90.0 cm³/mol. The Morgan fingerprint density at radius 1 is 1.17 bits per heavy atom. The number of benzene rings is 1. The summed E-state index contributed by atoms with van der Waals surface area (Å²) in [6, 6.07) is 4.61. The van der Waals surface area contributed by atoms with Gasteiger partial charge in [0.15, 0.2) is 16.6 Å². The van der Waals surface area contributed by atoms with E-state index in [1.807, 2.05) is 0 Å². The molecule has 0 saturated carbocycles. The number of ether oxygens (including phenoxy) is 1. The van der Waals surface area contributed by atoms with Crippen molar-refractivity contribution >= 4 is 35.2 Å². The summed E-state index contributed by atoms with van der Waals surface area (Å²) in [6.07, 6.45) is 1.49. The van der Waals surface area contributed by atoms with Crippen LogP contribution in [0.4, 0.5) is 0 Å². The van der Waals surface area contributed by atoms with Crippen molar-refractivity contribution in [2.75, 3.05) is 20.2 Å². The Labute approximate surface area is 139 Å². The van der Waals surface area contributed by atoms with Gasteiger partial charge in [-0.25, -0.2) is 0 Å². The lowest BCUT2D eigenvalue weighted by Gasteiger charge is -2.35. The first-order valence-electron chi connectivity index (χ1n) is 7.20.